The van der Waals surface area contributed by atoms with E-state index in [1.807, 2.05) is 18.2 Å². The van der Waals surface area contributed by atoms with Crippen LogP contribution in [0.1, 0.15) is 42.6 Å². The maximum Gasteiger partial charge on any atom is 0.223 e. The number of carbonyl (C=O) groups is 1. The number of aliphatic hydroxyl groups is 2. The molecule has 2 aliphatic heterocycles. The highest BCUT2D eigenvalue weighted by atomic mass is 19.1. The number of amides is 1. The molecule has 2 N–H and O–H groups in total. The van der Waals surface area contributed by atoms with Crippen molar-refractivity contribution in [3.05, 3.63) is 65.0 Å². The number of anilines is 1. The van der Waals surface area contributed by atoms with E-state index in [4.69, 9.17) is 0 Å². The molecule has 154 valence electrons. The maximum absolute atomic E-state index is 13.2. The zero-order valence-corrected chi connectivity index (χ0v) is 16.6. The van der Waals surface area contributed by atoms with Crippen molar-refractivity contribution >= 4 is 11.6 Å². The molecule has 0 radical (unpaired) electrons. The fourth-order valence-corrected chi connectivity index (χ4v) is 4.46. The number of benzene rings is 2. The van der Waals surface area contributed by atoms with Gasteiger partial charge in [0.05, 0.1) is 11.7 Å². The minimum atomic E-state index is -0.946. The number of piperidine rings is 1. The smallest absolute Gasteiger partial charge is 0.223 e. The second kappa shape index (κ2) is 7.86. The van der Waals surface area contributed by atoms with Gasteiger partial charge in [0.25, 0.3) is 0 Å². The first-order valence-corrected chi connectivity index (χ1v) is 10.2. The Morgan fingerprint density at radius 2 is 1.83 bits per heavy atom. The van der Waals surface area contributed by atoms with Gasteiger partial charge in [0.15, 0.2) is 0 Å². The van der Waals surface area contributed by atoms with Crippen molar-refractivity contribution < 1.29 is 19.4 Å². The summed E-state index contributed by atoms with van der Waals surface area (Å²) < 4.78 is 13.2. The van der Waals surface area contributed by atoms with Crippen LogP contribution in [-0.4, -0.2) is 47.2 Å². The first-order valence-electron chi connectivity index (χ1n) is 10.2. The van der Waals surface area contributed by atoms with Crippen LogP contribution in [0.2, 0.25) is 0 Å². The van der Waals surface area contributed by atoms with Crippen LogP contribution in [0, 0.1) is 5.82 Å². The van der Waals surface area contributed by atoms with Gasteiger partial charge in [0.1, 0.15) is 5.82 Å². The molecule has 4 rings (SSSR count). The number of halogens is 1. The normalized spacial score (nSPS) is 19.8. The van der Waals surface area contributed by atoms with Crippen molar-refractivity contribution in [1.29, 1.82) is 0 Å². The van der Waals surface area contributed by atoms with E-state index in [1.165, 1.54) is 12.1 Å². The lowest BCUT2D eigenvalue weighted by molar-refractivity contribution is -0.116. The van der Waals surface area contributed by atoms with Gasteiger partial charge in [-0.15, -0.1) is 0 Å². The summed E-state index contributed by atoms with van der Waals surface area (Å²) in [7, 11) is 0. The summed E-state index contributed by atoms with van der Waals surface area (Å²) >= 11 is 0. The van der Waals surface area contributed by atoms with Crippen molar-refractivity contribution in [2.24, 2.45) is 0 Å². The third-order valence-corrected chi connectivity index (χ3v) is 6.26. The van der Waals surface area contributed by atoms with E-state index in [2.05, 4.69) is 4.90 Å². The lowest BCUT2D eigenvalue weighted by atomic mass is 9.84. The van der Waals surface area contributed by atoms with Gasteiger partial charge in [-0.1, -0.05) is 24.3 Å². The van der Waals surface area contributed by atoms with Gasteiger partial charge in [-0.05, 0) is 54.2 Å². The third kappa shape index (κ3) is 4.06. The number of β-amino-alcohol motifs (C(OH)–C–C–N with tert-alkyl or cyclic N) is 1. The molecule has 0 spiro atoms. The summed E-state index contributed by atoms with van der Waals surface area (Å²) in [6.45, 7) is 4.08. The Morgan fingerprint density at radius 3 is 2.48 bits per heavy atom. The molecule has 2 aliphatic rings. The molecule has 1 amide bonds. The minimum absolute atomic E-state index is 0.0407. The van der Waals surface area contributed by atoms with Crippen LogP contribution in [0.15, 0.2) is 42.5 Å². The summed E-state index contributed by atoms with van der Waals surface area (Å²) in [5, 5.41) is 21.7. The molecule has 0 saturated carbocycles. The predicted octanol–water partition coefficient (Wildman–Crippen LogP) is 2.75. The molecule has 5 nitrogen and oxygen atoms in total. The molecule has 1 fully saturated rings. The number of aliphatic hydroxyl groups excluding tert-OH is 1. The van der Waals surface area contributed by atoms with Crippen LogP contribution in [0.25, 0.3) is 0 Å². The fourth-order valence-electron chi connectivity index (χ4n) is 4.46. The van der Waals surface area contributed by atoms with Crippen molar-refractivity contribution in [3.63, 3.8) is 0 Å². The van der Waals surface area contributed by atoms with Crippen molar-refractivity contribution in [3.8, 4) is 0 Å². The molecule has 1 atom stereocenters. The molecule has 0 aliphatic carbocycles. The second-order valence-corrected chi connectivity index (χ2v) is 8.16. The number of rotatable bonds is 4. The van der Waals surface area contributed by atoms with Crippen molar-refractivity contribution in [2.45, 2.75) is 37.9 Å². The van der Waals surface area contributed by atoms with Crippen LogP contribution in [0.4, 0.5) is 10.1 Å². The molecule has 6 heteroatoms. The monoisotopic (exact) mass is 398 g/mol. The van der Waals surface area contributed by atoms with Crippen molar-refractivity contribution in [2.75, 3.05) is 31.1 Å². The number of hydrogen-bond acceptors (Lipinski definition) is 4. The Kier molecular flexibility index (Phi) is 5.42. The lowest BCUT2D eigenvalue weighted by Gasteiger charge is -2.39. The molecule has 2 aromatic carbocycles. The summed E-state index contributed by atoms with van der Waals surface area (Å²) in [4.78, 5) is 15.6. The first kappa shape index (κ1) is 20.0. The van der Waals surface area contributed by atoms with Gasteiger partial charge in [0.2, 0.25) is 5.91 Å². The number of hydrogen-bond donors (Lipinski definition) is 2. The van der Waals surface area contributed by atoms with Crippen molar-refractivity contribution in [1.82, 2.24) is 4.90 Å². The first-order chi connectivity index (χ1) is 13.9. The van der Waals surface area contributed by atoms with E-state index in [0.29, 0.717) is 39.0 Å². The van der Waals surface area contributed by atoms with E-state index >= 15 is 0 Å². The lowest BCUT2D eigenvalue weighted by Crippen LogP contribution is -2.44. The van der Waals surface area contributed by atoms with E-state index in [-0.39, 0.29) is 11.7 Å². The molecule has 2 aromatic rings. The molecule has 29 heavy (non-hydrogen) atoms. The summed E-state index contributed by atoms with van der Waals surface area (Å²) in [6.07, 6.45) is 1.28. The summed E-state index contributed by atoms with van der Waals surface area (Å²) in [6, 6.07) is 11.9. The molecule has 1 saturated heterocycles. The summed E-state index contributed by atoms with van der Waals surface area (Å²) in [5.74, 6) is -0.266. The number of likely N-dealkylation sites (tertiary alicyclic amines) is 1. The Balaban J connectivity index is 1.37. The zero-order chi connectivity index (χ0) is 20.6. The minimum Gasteiger partial charge on any atom is -0.387 e. The highest BCUT2D eigenvalue weighted by molar-refractivity contribution is 5.93. The van der Waals surface area contributed by atoms with Crippen LogP contribution in [0.5, 0.6) is 0 Å². The van der Waals surface area contributed by atoms with Gasteiger partial charge in [0, 0.05) is 38.8 Å². The fraction of sp³-hybridized carbons (Fsp3) is 0.435. The van der Waals surface area contributed by atoms with Crippen LogP contribution in [-0.2, 0) is 16.8 Å². The number of fused-ring (bicyclic) bond motifs is 1. The van der Waals surface area contributed by atoms with Gasteiger partial charge >= 0.3 is 0 Å². The SMILES string of the molecule is CC(=O)N1CCc2cc([C@H](O)CN3CCC(O)(c4ccc(F)cc4)CC3)ccc21. The Bertz CT molecular complexity index is 891. The van der Waals surface area contributed by atoms with Crippen LogP contribution in [0.3, 0.4) is 0 Å². The van der Waals surface area contributed by atoms with Crippen LogP contribution < -0.4 is 4.90 Å². The van der Waals surface area contributed by atoms with Gasteiger partial charge in [-0.2, -0.15) is 0 Å². The number of carbonyl (C=O) groups excluding carboxylic acids is 1. The van der Waals surface area contributed by atoms with Gasteiger partial charge in [-0.3, -0.25) is 4.79 Å². The Hall–Kier alpha value is -2.28. The highest BCUT2D eigenvalue weighted by Gasteiger charge is 2.34. The average molecular weight is 398 g/mol. The number of nitrogens with zero attached hydrogens (tertiary/aromatic N) is 2. The van der Waals surface area contributed by atoms with E-state index in [0.717, 1.165) is 28.8 Å². The van der Waals surface area contributed by atoms with Gasteiger partial charge in [-0.25, -0.2) is 4.39 Å². The standard InChI is InChI=1S/C23H27FN2O3/c1-16(27)26-11-8-17-14-18(2-7-21(17)26)22(28)15-25-12-9-23(29,10-13-25)19-3-5-20(24)6-4-19/h2-7,14,22,28-29H,8-13,15H2,1H3/t22-/m1/s1. The van der Waals surface area contributed by atoms with Crippen LogP contribution >= 0.6 is 0 Å². The molecule has 0 aromatic heterocycles. The maximum atomic E-state index is 13.2. The quantitative estimate of drug-likeness (QED) is 0.831. The van der Waals surface area contributed by atoms with E-state index in [1.54, 1.807) is 24.0 Å². The average Bonchev–Trinajstić information content (AvgIpc) is 3.14. The molecular formula is C23H27FN2O3. The van der Waals surface area contributed by atoms with Gasteiger partial charge < -0.3 is 20.0 Å². The largest absolute Gasteiger partial charge is 0.387 e. The Morgan fingerprint density at radius 1 is 1.14 bits per heavy atom. The Labute approximate surface area is 170 Å². The topological polar surface area (TPSA) is 64.0 Å². The highest BCUT2D eigenvalue weighted by Crippen LogP contribution is 2.34. The third-order valence-electron chi connectivity index (χ3n) is 6.26. The molecular weight excluding hydrogens is 371 g/mol. The molecule has 0 unspecified atom stereocenters. The molecule has 2 heterocycles. The van der Waals surface area contributed by atoms with E-state index < -0.39 is 11.7 Å². The predicted molar refractivity (Wildman–Crippen MR) is 109 cm³/mol. The zero-order valence-electron chi connectivity index (χ0n) is 16.6. The van der Waals surface area contributed by atoms with E-state index in [9.17, 15) is 19.4 Å². The summed E-state index contributed by atoms with van der Waals surface area (Å²) in [5.41, 5.74) is 2.69. The second-order valence-electron chi connectivity index (χ2n) is 8.16. The molecule has 0 bridgehead atoms.